The highest BCUT2D eigenvalue weighted by molar-refractivity contribution is 5.58. The van der Waals surface area contributed by atoms with Crippen molar-refractivity contribution in [1.29, 1.82) is 0 Å². The molecule has 0 saturated carbocycles. The summed E-state index contributed by atoms with van der Waals surface area (Å²) >= 11 is 0. The van der Waals surface area contributed by atoms with E-state index in [0.717, 1.165) is 90.1 Å². The molecule has 2 fully saturated rings. The van der Waals surface area contributed by atoms with Gasteiger partial charge in [-0.1, -0.05) is 24.3 Å². The van der Waals surface area contributed by atoms with Gasteiger partial charge < -0.3 is 19.1 Å². The SMILES string of the molecule is COc1ccccc1N1CCN(CCCCOc2cccc(CN3CCOCC3)c2)CC1. The molecule has 2 aliphatic heterocycles. The van der Waals surface area contributed by atoms with Gasteiger partial charge in [-0.2, -0.15) is 0 Å². The molecule has 2 saturated heterocycles. The lowest BCUT2D eigenvalue weighted by atomic mass is 10.2. The van der Waals surface area contributed by atoms with Gasteiger partial charge in [0.25, 0.3) is 0 Å². The molecule has 0 aromatic heterocycles. The number of hydrogen-bond donors (Lipinski definition) is 0. The van der Waals surface area contributed by atoms with Gasteiger partial charge in [0.05, 0.1) is 32.6 Å². The fourth-order valence-electron chi connectivity index (χ4n) is 4.48. The minimum atomic E-state index is 0.780. The lowest BCUT2D eigenvalue weighted by Crippen LogP contribution is -2.46. The number of morpholine rings is 1. The number of hydrogen-bond acceptors (Lipinski definition) is 6. The quantitative estimate of drug-likeness (QED) is 0.528. The number of anilines is 1. The predicted octanol–water partition coefficient (Wildman–Crippen LogP) is 3.51. The first-order valence-electron chi connectivity index (χ1n) is 11.9. The number of ether oxygens (including phenoxy) is 3. The Balaban J connectivity index is 1.12. The van der Waals surface area contributed by atoms with E-state index in [1.54, 1.807) is 7.11 Å². The van der Waals surface area contributed by atoms with Crippen LogP contribution in [0.3, 0.4) is 0 Å². The third-order valence-electron chi connectivity index (χ3n) is 6.34. The van der Waals surface area contributed by atoms with Gasteiger partial charge in [0.1, 0.15) is 11.5 Å². The van der Waals surface area contributed by atoms with Gasteiger partial charge in [-0.15, -0.1) is 0 Å². The van der Waals surface area contributed by atoms with E-state index in [4.69, 9.17) is 14.2 Å². The first-order valence-corrected chi connectivity index (χ1v) is 11.9. The van der Waals surface area contributed by atoms with Crippen LogP contribution in [0.4, 0.5) is 5.69 Å². The summed E-state index contributed by atoms with van der Waals surface area (Å²) in [5, 5.41) is 0. The van der Waals surface area contributed by atoms with Crippen LogP contribution >= 0.6 is 0 Å². The summed E-state index contributed by atoms with van der Waals surface area (Å²) in [6.45, 7) is 10.9. The van der Waals surface area contributed by atoms with Gasteiger partial charge in [-0.25, -0.2) is 0 Å². The highest BCUT2D eigenvalue weighted by atomic mass is 16.5. The number of rotatable bonds is 10. The molecular formula is C26H37N3O3. The third-order valence-corrected chi connectivity index (χ3v) is 6.34. The van der Waals surface area contributed by atoms with Gasteiger partial charge in [0.15, 0.2) is 0 Å². The van der Waals surface area contributed by atoms with Crippen molar-refractivity contribution >= 4 is 5.69 Å². The largest absolute Gasteiger partial charge is 0.495 e. The maximum absolute atomic E-state index is 6.04. The summed E-state index contributed by atoms with van der Waals surface area (Å²) in [5.74, 6) is 1.95. The molecule has 0 aliphatic carbocycles. The molecule has 32 heavy (non-hydrogen) atoms. The Morgan fingerprint density at radius 3 is 2.47 bits per heavy atom. The highest BCUT2D eigenvalue weighted by Crippen LogP contribution is 2.28. The van der Waals surface area contributed by atoms with Crippen LogP contribution in [0.25, 0.3) is 0 Å². The van der Waals surface area contributed by atoms with E-state index in [9.17, 15) is 0 Å². The Kier molecular flexibility index (Phi) is 8.65. The fraction of sp³-hybridized carbons (Fsp3) is 0.538. The molecule has 174 valence electrons. The monoisotopic (exact) mass is 439 g/mol. The molecule has 0 spiro atoms. The lowest BCUT2D eigenvalue weighted by Gasteiger charge is -2.36. The number of benzene rings is 2. The number of para-hydroxylation sites is 2. The smallest absolute Gasteiger partial charge is 0.142 e. The van der Waals surface area contributed by atoms with Gasteiger partial charge in [-0.3, -0.25) is 9.80 Å². The zero-order valence-corrected chi connectivity index (χ0v) is 19.4. The summed E-state index contributed by atoms with van der Waals surface area (Å²) in [4.78, 5) is 7.44. The molecule has 0 radical (unpaired) electrons. The van der Waals surface area contributed by atoms with Crippen LogP contribution < -0.4 is 14.4 Å². The van der Waals surface area contributed by atoms with Gasteiger partial charge in [-0.05, 0) is 49.2 Å². The first-order chi connectivity index (χ1) is 15.8. The van der Waals surface area contributed by atoms with Crippen LogP contribution in [0.5, 0.6) is 11.5 Å². The summed E-state index contributed by atoms with van der Waals surface area (Å²) in [7, 11) is 1.75. The number of piperazine rings is 1. The van der Waals surface area contributed by atoms with Crippen molar-refractivity contribution in [3.05, 3.63) is 54.1 Å². The molecule has 0 N–H and O–H groups in total. The molecule has 4 rings (SSSR count). The van der Waals surface area contributed by atoms with Crippen LogP contribution in [0.15, 0.2) is 48.5 Å². The Hall–Kier alpha value is -2.28. The second-order valence-electron chi connectivity index (χ2n) is 8.59. The van der Waals surface area contributed by atoms with Gasteiger partial charge >= 0.3 is 0 Å². The molecule has 0 atom stereocenters. The molecule has 0 bridgehead atoms. The molecule has 0 amide bonds. The zero-order valence-electron chi connectivity index (χ0n) is 19.4. The van der Waals surface area contributed by atoms with Crippen LogP contribution in [0.2, 0.25) is 0 Å². The van der Waals surface area contributed by atoms with Crippen molar-refractivity contribution in [2.45, 2.75) is 19.4 Å². The van der Waals surface area contributed by atoms with Crippen LogP contribution in [0, 0.1) is 0 Å². The highest BCUT2D eigenvalue weighted by Gasteiger charge is 2.19. The van der Waals surface area contributed by atoms with Crippen LogP contribution in [0.1, 0.15) is 18.4 Å². The number of unbranched alkanes of at least 4 members (excludes halogenated alkanes) is 1. The maximum atomic E-state index is 6.04. The molecule has 6 heteroatoms. The molecule has 2 aliphatic rings. The molecule has 2 aromatic carbocycles. The normalized spacial score (nSPS) is 18.0. The fourth-order valence-corrected chi connectivity index (χ4v) is 4.48. The van der Waals surface area contributed by atoms with E-state index < -0.39 is 0 Å². The van der Waals surface area contributed by atoms with E-state index in [1.807, 2.05) is 12.1 Å². The van der Waals surface area contributed by atoms with E-state index in [1.165, 1.54) is 17.7 Å². The molecular weight excluding hydrogens is 402 g/mol. The standard InChI is InChI=1S/C26H37N3O3/c1-30-26-10-3-2-9-25(26)29-14-12-27(13-15-29)11-4-5-18-32-24-8-6-7-23(21-24)22-28-16-19-31-20-17-28/h2-3,6-10,21H,4-5,11-20,22H2,1H3. The lowest BCUT2D eigenvalue weighted by molar-refractivity contribution is 0.0341. The van der Waals surface area contributed by atoms with Crippen molar-refractivity contribution in [2.24, 2.45) is 0 Å². The van der Waals surface area contributed by atoms with Gasteiger partial charge in [0.2, 0.25) is 0 Å². The molecule has 6 nitrogen and oxygen atoms in total. The Morgan fingerprint density at radius 2 is 1.66 bits per heavy atom. The molecule has 2 heterocycles. The summed E-state index contributed by atoms with van der Waals surface area (Å²) in [6.07, 6.45) is 2.25. The Morgan fingerprint density at radius 1 is 0.844 bits per heavy atom. The van der Waals surface area contributed by atoms with E-state index in [2.05, 4.69) is 51.1 Å². The van der Waals surface area contributed by atoms with Gasteiger partial charge in [0, 0.05) is 45.8 Å². The number of nitrogens with zero attached hydrogens (tertiary/aromatic N) is 3. The Bertz CT molecular complexity index is 817. The summed E-state index contributed by atoms with van der Waals surface area (Å²) in [5.41, 5.74) is 2.52. The molecule has 2 aromatic rings. The minimum absolute atomic E-state index is 0.780. The first kappa shape index (κ1) is 22.9. The summed E-state index contributed by atoms with van der Waals surface area (Å²) < 4.78 is 17.0. The average molecular weight is 440 g/mol. The van der Waals surface area contributed by atoms with Crippen molar-refractivity contribution in [1.82, 2.24) is 9.80 Å². The second kappa shape index (κ2) is 12.1. The average Bonchev–Trinajstić information content (AvgIpc) is 2.85. The van der Waals surface area contributed by atoms with Crippen molar-refractivity contribution < 1.29 is 14.2 Å². The predicted molar refractivity (Wildman–Crippen MR) is 129 cm³/mol. The number of methoxy groups -OCH3 is 1. The van der Waals surface area contributed by atoms with Crippen molar-refractivity contribution in [2.75, 3.05) is 77.6 Å². The third kappa shape index (κ3) is 6.61. The van der Waals surface area contributed by atoms with E-state index in [0.29, 0.717) is 0 Å². The topological polar surface area (TPSA) is 37.4 Å². The van der Waals surface area contributed by atoms with E-state index in [-0.39, 0.29) is 0 Å². The second-order valence-corrected chi connectivity index (χ2v) is 8.59. The maximum Gasteiger partial charge on any atom is 0.142 e. The van der Waals surface area contributed by atoms with Crippen LogP contribution in [-0.2, 0) is 11.3 Å². The summed E-state index contributed by atoms with van der Waals surface area (Å²) in [6, 6.07) is 16.9. The Labute approximate surface area is 192 Å². The minimum Gasteiger partial charge on any atom is -0.495 e. The van der Waals surface area contributed by atoms with E-state index >= 15 is 0 Å². The molecule has 0 unspecified atom stereocenters. The van der Waals surface area contributed by atoms with Crippen molar-refractivity contribution in [3.63, 3.8) is 0 Å². The zero-order chi connectivity index (χ0) is 22.0. The van der Waals surface area contributed by atoms with Crippen molar-refractivity contribution in [3.8, 4) is 11.5 Å². The van der Waals surface area contributed by atoms with Crippen LogP contribution in [-0.4, -0.2) is 82.5 Å².